The van der Waals surface area contributed by atoms with E-state index in [0.717, 1.165) is 56.2 Å². The van der Waals surface area contributed by atoms with Crippen molar-refractivity contribution in [2.24, 2.45) is 0 Å². The predicted molar refractivity (Wildman–Crippen MR) is 105 cm³/mol. The van der Waals surface area contributed by atoms with E-state index in [4.69, 9.17) is 21.1 Å². The maximum atomic E-state index is 9.53. The fourth-order valence-electron chi connectivity index (χ4n) is 3.87. The van der Waals surface area contributed by atoms with E-state index < -0.39 is 0 Å². The second-order valence-corrected chi connectivity index (χ2v) is 7.56. The Bertz CT molecular complexity index is 772. The Labute approximate surface area is 165 Å². The first-order chi connectivity index (χ1) is 13.2. The van der Waals surface area contributed by atoms with E-state index in [1.807, 2.05) is 18.2 Å². The summed E-state index contributed by atoms with van der Waals surface area (Å²) in [4.78, 5) is 4.88. The molecule has 0 saturated carbocycles. The van der Waals surface area contributed by atoms with Crippen LogP contribution < -0.4 is 9.47 Å². The lowest BCUT2D eigenvalue weighted by Crippen LogP contribution is -2.52. The summed E-state index contributed by atoms with van der Waals surface area (Å²) in [5, 5.41) is 10.2. The zero-order chi connectivity index (χ0) is 18.6. The highest BCUT2D eigenvalue weighted by Gasteiger charge is 2.27. The molecule has 27 heavy (non-hydrogen) atoms. The Kier molecular flexibility index (Phi) is 5.83. The normalized spacial score (nSPS) is 20.1. The average molecular weight is 389 g/mol. The van der Waals surface area contributed by atoms with Gasteiger partial charge in [-0.15, -0.1) is 0 Å². The van der Waals surface area contributed by atoms with Gasteiger partial charge in [-0.3, -0.25) is 9.80 Å². The van der Waals surface area contributed by atoms with Crippen molar-refractivity contribution >= 4 is 11.6 Å². The minimum atomic E-state index is 0.203. The molecule has 1 N–H and O–H groups in total. The summed E-state index contributed by atoms with van der Waals surface area (Å²) in [6, 6.07) is 14.7. The van der Waals surface area contributed by atoms with Crippen molar-refractivity contribution in [3.8, 4) is 11.5 Å². The lowest BCUT2D eigenvalue weighted by Gasteiger charge is -2.41. The zero-order valence-corrected chi connectivity index (χ0v) is 16.1. The van der Waals surface area contributed by atoms with Crippen LogP contribution in [0.15, 0.2) is 42.5 Å². The summed E-state index contributed by atoms with van der Waals surface area (Å²) in [5.41, 5.74) is 2.37. The number of halogens is 1. The van der Waals surface area contributed by atoms with Gasteiger partial charge < -0.3 is 14.6 Å². The molecule has 144 valence electrons. The molecule has 0 unspecified atom stereocenters. The highest BCUT2D eigenvalue weighted by molar-refractivity contribution is 6.31. The van der Waals surface area contributed by atoms with Crippen molar-refractivity contribution in [2.45, 2.75) is 25.6 Å². The number of piperazine rings is 1. The molecule has 2 aliphatic rings. The largest absolute Gasteiger partial charge is 0.454 e. The maximum Gasteiger partial charge on any atom is 0.231 e. The summed E-state index contributed by atoms with van der Waals surface area (Å²) in [5.74, 6) is 1.48. The third kappa shape index (κ3) is 4.38. The Morgan fingerprint density at radius 1 is 1.04 bits per heavy atom. The van der Waals surface area contributed by atoms with Crippen LogP contribution in [0.3, 0.4) is 0 Å². The number of aliphatic hydroxyl groups excluding tert-OH is 1. The topological polar surface area (TPSA) is 45.2 Å². The molecule has 0 bridgehead atoms. The van der Waals surface area contributed by atoms with Gasteiger partial charge in [-0.05, 0) is 23.6 Å². The number of nitrogens with zero attached hydrogens (tertiary/aromatic N) is 2. The van der Waals surface area contributed by atoms with Crippen LogP contribution in [0.2, 0.25) is 5.02 Å². The molecule has 1 fully saturated rings. The van der Waals surface area contributed by atoms with E-state index in [0.29, 0.717) is 11.1 Å². The summed E-state index contributed by atoms with van der Waals surface area (Å²) >= 11 is 6.45. The molecule has 0 spiro atoms. The molecule has 0 radical (unpaired) electrons. The van der Waals surface area contributed by atoms with E-state index in [9.17, 15) is 5.11 Å². The van der Waals surface area contributed by atoms with Crippen LogP contribution in [-0.4, -0.2) is 54.0 Å². The van der Waals surface area contributed by atoms with Gasteiger partial charge in [0.25, 0.3) is 0 Å². The van der Waals surface area contributed by atoms with Crippen molar-refractivity contribution in [1.82, 2.24) is 9.80 Å². The molecule has 1 atom stereocenters. The standard InChI is InChI=1S/C21H25ClN2O3/c22-19-11-21-20(26-15-27-21)10-17(19)13-23-7-8-24(18(14-23)6-9-25)12-16-4-2-1-3-5-16/h1-5,10-11,18,25H,6-9,12-15H2/t18-/m0/s1. The smallest absolute Gasteiger partial charge is 0.231 e. The summed E-state index contributed by atoms with van der Waals surface area (Å²) in [6.07, 6.45) is 0.776. The number of fused-ring (bicyclic) bond motifs is 1. The Hall–Kier alpha value is -1.79. The number of hydrogen-bond donors (Lipinski definition) is 1. The molecule has 2 heterocycles. The highest BCUT2D eigenvalue weighted by Crippen LogP contribution is 2.37. The molecule has 0 aliphatic carbocycles. The van der Waals surface area contributed by atoms with E-state index >= 15 is 0 Å². The minimum absolute atomic E-state index is 0.203. The fourth-order valence-corrected chi connectivity index (χ4v) is 4.08. The van der Waals surface area contributed by atoms with E-state index in [1.165, 1.54) is 5.56 Å². The maximum absolute atomic E-state index is 9.53. The molecule has 2 aliphatic heterocycles. The molecular weight excluding hydrogens is 364 g/mol. The molecule has 2 aromatic carbocycles. The number of rotatable bonds is 6. The zero-order valence-electron chi connectivity index (χ0n) is 15.3. The van der Waals surface area contributed by atoms with Crippen molar-refractivity contribution < 1.29 is 14.6 Å². The molecule has 4 rings (SSSR count). The number of hydrogen-bond acceptors (Lipinski definition) is 5. The first-order valence-electron chi connectivity index (χ1n) is 9.42. The third-order valence-corrected chi connectivity index (χ3v) is 5.67. The predicted octanol–water partition coefficient (Wildman–Crippen LogP) is 3.14. The Morgan fingerprint density at radius 3 is 2.59 bits per heavy atom. The summed E-state index contributed by atoms with van der Waals surface area (Å²) < 4.78 is 10.9. The average Bonchev–Trinajstić information content (AvgIpc) is 3.12. The van der Waals surface area contributed by atoms with E-state index in [2.05, 4.69) is 34.1 Å². The lowest BCUT2D eigenvalue weighted by molar-refractivity contribution is 0.0500. The molecular formula is C21H25ClN2O3. The first kappa shape index (κ1) is 18.6. The van der Waals surface area contributed by atoms with Gasteiger partial charge in [-0.1, -0.05) is 41.9 Å². The van der Waals surface area contributed by atoms with Crippen LogP contribution in [0.1, 0.15) is 17.5 Å². The SMILES string of the molecule is OCC[C@H]1CN(Cc2cc3c(cc2Cl)OCO3)CCN1Cc1ccccc1. The summed E-state index contributed by atoms with van der Waals surface area (Å²) in [6.45, 7) is 5.01. The molecule has 5 nitrogen and oxygen atoms in total. The molecule has 1 saturated heterocycles. The van der Waals surface area contributed by atoms with Gasteiger partial charge in [0.2, 0.25) is 6.79 Å². The fraction of sp³-hybridized carbons (Fsp3) is 0.429. The first-order valence-corrected chi connectivity index (χ1v) is 9.80. The van der Waals surface area contributed by atoms with Crippen LogP contribution in [0.25, 0.3) is 0 Å². The van der Waals surface area contributed by atoms with Gasteiger partial charge in [-0.25, -0.2) is 0 Å². The van der Waals surface area contributed by atoms with Gasteiger partial charge in [0.05, 0.1) is 0 Å². The Morgan fingerprint density at radius 2 is 1.81 bits per heavy atom. The number of benzene rings is 2. The Balaban J connectivity index is 1.42. The van der Waals surface area contributed by atoms with Crippen molar-refractivity contribution in [3.63, 3.8) is 0 Å². The minimum Gasteiger partial charge on any atom is -0.454 e. The van der Waals surface area contributed by atoms with E-state index in [-0.39, 0.29) is 13.4 Å². The van der Waals surface area contributed by atoms with Crippen LogP contribution in [0.5, 0.6) is 11.5 Å². The van der Waals surface area contributed by atoms with Gasteiger partial charge in [-0.2, -0.15) is 0 Å². The van der Waals surface area contributed by atoms with Crippen molar-refractivity contribution in [1.29, 1.82) is 0 Å². The molecule has 0 amide bonds. The molecule has 6 heteroatoms. The van der Waals surface area contributed by atoms with Crippen LogP contribution in [-0.2, 0) is 13.1 Å². The monoisotopic (exact) mass is 388 g/mol. The third-order valence-electron chi connectivity index (χ3n) is 5.32. The van der Waals surface area contributed by atoms with Crippen LogP contribution >= 0.6 is 11.6 Å². The number of ether oxygens (including phenoxy) is 2. The molecule has 2 aromatic rings. The quantitative estimate of drug-likeness (QED) is 0.823. The van der Waals surface area contributed by atoms with Crippen LogP contribution in [0, 0.1) is 0 Å². The highest BCUT2D eigenvalue weighted by atomic mass is 35.5. The van der Waals surface area contributed by atoms with Crippen molar-refractivity contribution in [2.75, 3.05) is 33.0 Å². The summed E-state index contributed by atoms with van der Waals surface area (Å²) in [7, 11) is 0. The number of aliphatic hydroxyl groups is 1. The van der Waals surface area contributed by atoms with Crippen LogP contribution in [0.4, 0.5) is 0 Å². The van der Waals surface area contributed by atoms with Gasteiger partial charge in [0.15, 0.2) is 11.5 Å². The lowest BCUT2D eigenvalue weighted by atomic mass is 10.1. The van der Waals surface area contributed by atoms with Gasteiger partial charge in [0.1, 0.15) is 0 Å². The van der Waals surface area contributed by atoms with Gasteiger partial charge in [0, 0.05) is 56.5 Å². The molecule has 0 aromatic heterocycles. The van der Waals surface area contributed by atoms with E-state index in [1.54, 1.807) is 0 Å². The second-order valence-electron chi connectivity index (χ2n) is 7.15. The van der Waals surface area contributed by atoms with Gasteiger partial charge >= 0.3 is 0 Å². The van der Waals surface area contributed by atoms with Crippen molar-refractivity contribution in [3.05, 3.63) is 58.6 Å². The second kappa shape index (κ2) is 8.48.